The number of hydrogen-bond acceptors (Lipinski definition) is 4. The molecule has 122 valence electrons. The predicted molar refractivity (Wildman–Crippen MR) is 93.2 cm³/mol. The van der Waals surface area contributed by atoms with Crippen LogP contribution in [0.25, 0.3) is 0 Å². The van der Waals surface area contributed by atoms with E-state index in [9.17, 15) is 4.79 Å². The second-order valence-corrected chi connectivity index (χ2v) is 5.80. The maximum atomic E-state index is 11.9. The molecule has 0 aliphatic rings. The highest BCUT2D eigenvalue weighted by Crippen LogP contribution is 2.24. The topological polar surface area (TPSA) is 66.9 Å². The Hall–Kier alpha value is -2.43. The molecule has 2 aromatic rings. The molecule has 0 saturated carbocycles. The van der Waals surface area contributed by atoms with E-state index in [2.05, 4.69) is 60.4 Å². The van der Waals surface area contributed by atoms with Crippen molar-refractivity contribution in [2.24, 2.45) is 0 Å². The number of benzene rings is 1. The molecule has 23 heavy (non-hydrogen) atoms. The third kappa shape index (κ3) is 4.52. The van der Waals surface area contributed by atoms with Gasteiger partial charge in [-0.25, -0.2) is 9.97 Å². The van der Waals surface area contributed by atoms with E-state index in [1.807, 2.05) is 0 Å². The van der Waals surface area contributed by atoms with Crippen LogP contribution in [-0.2, 0) is 0 Å². The van der Waals surface area contributed by atoms with Crippen molar-refractivity contribution in [1.82, 2.24) is 15.3 Å². The highest BCUT2D eigenvalue weighted by Gasteiger charge is 2.08. The molecule has 1 aromatic heterocycles. The molecule has 2 rings (SSSR count). The lowest BCUT2D eigenvalue weighted by Gasteiger charge is -2.12. The van der Waals surface area contributed by atoms with Crippen LogP contribution in [0.3, 0.4) is 0 Å². The number of nitrogens with zero attached hydrogens (tertiary/aromatic N) is 2. The molecule has 0 aliphatic carbocycles. The summed E-state index contributed by atoms with van der Waals surface area (Å²) in [5.74, 6) is 0.359. The smallest absolute Gasteiger partial charge is 0.254 e. The van der Waals surface area contributed by atoms with Crippen LogP contribution in [0.1, 0.15) is 46.8 Å². The summed E-state index contributed by atoms with van der Waals surface area (Å²) < 4.78 is 0. The third-order valence-electron chi connectivity index (χ3n) is 3.64. The molecule has 0 aliphatic heterocycles. The number of nitrogens with one attached hydrogen (secondary N) is 2. The monoisotopic (exact) mass is 312 g/mol. The Morgan fingerprint density at radius 3 is 2.26 bits per heavy atom. The highest BCUT2D eigenvalue weighted by atomic mass is 16.1. The number of aromatic nitrogens is 2. The van der Waals surface area contributed by atoms with Crippen LogP contribution in [-0.4, -0.2) is 22.4 Å². The van der Waals surface area contributed by atoms with E-state index in [1.54, 1.807) is 12.4 Å². The number of rotatable bonds is 6. The summed E-state index contributed by atoms with van der Waals surface area (Å²) in [6, 6.07) is 4.23. The van der Waals surface area contributed by atoms with Gasteiger partial charge in [0.25, 0.3) is 5.91 Å². The van der Waals surface area contributed by atoms with Crippen LogP contribution >= 0.6 is 0 Å². The number of hydrogen-bond donors (Lipinski definition) is 2. The van der Waals surface area contributed by atoms with E-state index in [0.29, 0.717) is 18.1 Å². The zero-order valence-corrected chi connectivity index (χ0v) is 14.2. The second kappa shape index (κ2) is 7.72. The average molecular weight is 312 g/mol. The first-order valence-electron chi connectivity index (χ1n) is 7.96. The van der Waals surface area contributed by atoms with Crippen molar-refractivity contribution in [1.29, 1.82) is 0 Å². The second-order valence-electron chi connectivity index (χ2n) is 5.80. The Morgan fingerprint density at radius 1 is 1.09 bits per heavy atom. The quantitative estimate of drug-likeness (QED) is 0.799. The van der Waals surface area contributed by atoms with Gasteiger partial charge >= 0.3 is 0 Å². The molecule has 0 spiro atoms. The minimum absolute atomic E-state index is 0.132. The Bertz CT molecular complexity index is 657. The average Bonchev–Trinajstić information content (AvgIpc) is 2.51. The maximum Gasteiger partial charge on any atom is 0.254 e. The molecule has 0 radical (unpaired) electrons. The highest BCUT2D eigenvalue weighted by molar-refractivity contribution is 5.93. The van der Waals surface area contributed by atoms with Crippen molar-refractivity contribution in [3.8, 4) is 0 Å². The van der Waals surface area contributed by atoms with Crippen LogP contribution in [0.4, 0.5) is 11.6 Å². The summed E-state index contributed by atoms with van der Waals surface area (Å²) in [4.78, 5) is 20.4. The van der Waals surface area contributed by atoms with Crippen molar-refractivity contribution < 1.29 is 4.79 Å². The molecule has 2 N–H and O–H groups in total. The van der Waals surface area contributed by atoms with E-state index in [0.717, 1.165) is 29.7 Å². The third-order valence-corrected chi connectivity index (χ3v) is 3.64. The van der Waals surface area contributed by atoms with Crippen molar-refractivity contribution in [2.45, 2.75) is 40.5 Å². The van der Waals surface area contributed by atoms with Crippen LogP contribution in [0.15, 0.2) is 24.5 Å². The molecule has 1 aromatic carbocycles. The molecular weight excluding hydrogens is 288 g/mol. The Kier molecular flexibility index (Phi) is 5.68. The van der Waals surface area contributed by atoms with Crippen molar-refractivity contribution >= 4 is 17.5 Å². The molecule has 0 saturated heterocycles. The van der Waals surface area contributed by atoms with E-state index in [4.69, 9.17) is 0 Å². The van der Waals surface area contributed by atoms with Crippen LogP contribution in [0, 0.1) is 20.8 Å². The zero-order valence-electron chi connectivity index (χ0n) is 14.2. The SMILES string of the molecule is CCCCNC(=O)c1cnc(Nc2c(C)cc(C)cc2C)nc1. The van der Waals surface area contributed by atoms with Gasteiger partial charge in [-0.1, -0.05) is 31.0 Å². The van der Waals surface area contributed by atoms with E-state index < -0.39 is 0 Å². The van der Waals surface area contributed by atoms with Gasteiger partial charge in [-0.05, 0) is 38.3 Å². The largest absolute Gasteiger partial charge is 0.352 e. The van der Waals surface area contributed by atoms with E-state index in [-0.39, 0.29) is 5.91 Å². The van der Waals surface area contributed by atoms with Crippen molar-refractivity contribution in [3.63, 3.8) is 0 Å². The van der Waals surface area contributed by atoms with Crippen molar-refractivity contribution in [3.05, 3.63) is 46.8 Å². The van der Waals surface area contributed by atoms with Gasteiger partial charge in [0.1, 0.15) is 0 Å². The molecule has 5 heteroatoms. The fourth-order valence-corrected chi connectivity index (χ4v) is 2.48. The van der Waals surface area contributed by atoms with Gasteiger partial charge < -0.3 is 10.6 Å². The lowest BCUT2D eigenvalue weighted by atomic mass is 10.1. The Labute approximate surface area is 137 Å². The summed E-state index contributed by atoms with van der Waals surface area (Å²) in [5, 5.41) is 6.09. The van der Waals surface area contributed by atoms with Crippen molar-refractivity contribution in [2.75, 3.05) is 11.9 Å². The molecule has 0 unspecified atom stereocenters. The number of anilines is 2. The maximum absolute atomic E-state index is 11.9. The van der Waals surface area contributed by atoms with Gasteiger partial charge in [-0.15, -0.1) is 0 Å². The van der Waals surface area contributed by atoms with Crippen LogP contribution in [0.2, 0.25) is 0 Å². The minimum Gasteiger partial charge on any atom is -0.352 e. The zero-order chi connectivity index (χ0) is 16.8. The number of carbonyl (C=O) groups excluding carboxylic acids is 1. The van der Waals surface area contributed by atoms with Gasteiger partial charge in [0.15, 0.2) is 0 Å². The number of amides is 1. The molecule has 5 nitrogen and oxygen atoms in total. The number of unbranched alkanes of at least 4 members (excludes halogenated alkanes) is 1. The van der Waals surface area contributed by atoms with Crippen LogP contribution in [0.5, 0.6) is 0 Å². The number of aryl methyl sites for hydroxylation is 3. The van der Waals surface area contributed by atoms with E-state index in [1.165, 1.54) is 5.56 Å². The summed E-state index contributed by atoms with van der Waals surface area (Å²) >= 11 is 0. The van der Waals surface area contributed by atoms with E-state index >= 15 is 0 Å². The minimum atomic E-state index is -0.132. The molecular formula is C18H24N4O. The first-order chi connectivity index (χ1) is 11.0. The molecule has 1 heterocycles. The normalized spacial score (nSPS) is 10.4. The molecule has 0 fully saturated rings. The summed E-state index contributed by atoms with van der Waals surface area (Å²) in [7, 11) is 0. The lowest BCUT2D eigenvalue weighted by molar-refractivity contribution is 0.0952. The molecule has 0 atom stereocenters. The van der Waals surface area contributed by atoms with Gasteiger partial charge in [-0.3, -0.25) is 4.79 Å². The standard InChI is InChI=1S/C18H24N4O/c1-5-6-7-19-17(23)15-10-20-18(21-11-15)22-16-13(3)8-12(2)9-14(16)4/h8-11H,5-7H2,1-4H3,(H,19,23)(H,20,21,22). The summed E-state index contributed by atoms with van der Waals surface area (Å²) in [6.45, 7) is 8.95. The number of carbonyl (C=O) groups is 1. The van der Waals surface area contributed by atoms with Gasteiger partial charge in [-0.2, -0.15) is 0 Å². The lowest BCUT2D eigenvalue weighted by Crippen LogP contribution is -2.24. The summed E-state index contributed by atoms with van der Waals surface area (Å²) in [5.41, 5.74) is 5.00. The summed E-state index contributed by atoms with van der Waals surface area (Å²) in [6.07, 6.45) is 5.12. The Morgan fingerprint density at radius 2 is 1.70 bits per heavy atom. The van der Waals surface area contributed by atoms with Gasteiger partial charge in [0.2, 0.25) is 5.95 Å². The molecule has 0 bridgehead atoms. The Balaban J connectivity index is 2.07. The fourth-order valence-electron chi connectivity index (χ4n) is 2.48. The van der Waals surface area contributed by atoms with Crippen LogP contribution < -0.4 is 10.6 Å². The first kappa shape index (κ1) is 16.9. The van der Waals surface area contributed by atoms with Gasteiger partial charge in [0.05, 0.1) is 5.56 Å². The van der Waals surface area contributed by atoms with Gasteiger partial charge in [0, 0.05) is 24.6 Å². The fraction of sp³-hybridized carbons (Fsp3) is 0.389. The molecule has 1 amide bonds. The first-order valence-corrected chi connectivity index (χ1v) is 7.96. The predicted octanol–water partition coefficient (Wildman–Crippen LogP) is 3.68.